The number of carbonyl (C=O) groups excluding carboxylic acids is 2. The third-order valence-corrected chi connectivity index (χ3v) is 6.26. The van der Waals surface area contributed by atoms with Crippen molar-refractivity contribution in [2.75, 3.05) is 43.5 Å². The number of ether oxygens (including phenoxy) is 1. The molecule has 0 radical (unpaired) electrons. The average Bonchev–Trinajstić information content (AvgIpc) is 3.08. The van der Waals surface area contributed by atoms with Crippen molar-refractivity contribution in [2.45, 2.75) is 31.8 Å². The molecule has 5 rings (SSSR count). The number of hydrogen-bond donors (Lipinski definition) is 2. The number of benzene rings is 1. The summed E-state index contributed by atoms with van der Waals surface area (Å²) < 4.78 is 5.40. The Hall–Kier alpha value is -2.97. The summed E-state index contributed by atoms with van der Waals surface area (Å²) in [7, 11) is 0. The van der Waals surface area contributed by atoms with Crippen LogP contribution in [0.15, 0.2) is 36.5 Å². The molecule has 8 heteroatoms. The van der Waals surface area contributed by atoms with Gasteiger partial charge in [-0.1, -0.05) is 6.07 Å². The Morgan fingerprint density at radius 3 is 2.87 bits per heavy atom. The largest absolute Gasteiger partial charge is 0.379 e. The predicted octanol–water partition coefficient (Wildman–Crippen LogP) is 3.24. The van der Waals surface area contributed by atoms with E-state index < -0.39 is 0 Å². The molecule has 162 valence electrons. The summed E-state index contributed by atoms with van der Waals surface area (Å²) >= 11 is 0. The number of carbonyl (C=O) groups is 2. The summed E-state index contributed by atoms with van der Waals surface area (Å²) in [5.74, 6) is 0.576. The van der Waals surface area contributed by atoms with E-state index in [1.54, 1.807) is 6.20 Å². The Labute approximate surface area is 181 Å². The van der Waals surface area contributed by atoms with E-state index in [1.807, 2.05) is 35.2 Å². The minimum atomic E-state index is -0.355. The van der Waals surface area contributed by atoms with Gasteiger partial charge in [-0.3, -0.25) is 15.0 Å². The summed E-state index contributed by atoms with van der Waals surface area (Å²) in [6, 6.07) is 9.12. The van der Waals surface area contributed by atoms with Gasteiger partial charge in [-0.05, 0) is 49.1 Å². The number of morpholine rings is 1. The number of amides is 3. The highest BCUT2D eigenvalue weighted by Gasteiger charge is 2.39. The quantitative estimate of drug-likeness (QED) is 0.792. The summed E-state index contributed by atoms with van der Waals surface area (Å²) in [6.07, 6.45) is 4.77. The number of nitrogens with zero attached hydrogens (tertiary/aromatic N) is 3. The highest BCUT2D eigenvalue weighted by molar-refractivity contribution is 6.05. The first-order valence-corrected chi connectivity index (χ1v) is 11.0. The van der Waals surface area contributed by atoms with Crippen LogP contribution in [0.2, 0.25) is 0 Å². The molecule has 1 aromatic carbocycles. The molecule has 1 atom stereocenters. The Balaban J connectivity index is 1.28. The number of pyridine rings is 1. The molecule has 2 aromatic rings. The fraction of sp³-hybridized carbons (Fsp3) is 0.435. The van der Waals surface area contributed by atoms with Gasteiger partial charge in [0.25, 0.3) is 5.91 Å². The van der Waals surface area contributed by atoms with Gasteiger partial charge in [0, 0.05) is 49.2 Å². The van der Waals surface area contributed by atoms with Crippen LogP contribution < -0.4 is 10.6 Å². The van der Waals surface area contributed by atoms with E-state index in [9.17, 15) is 9.59 Å². The van der Waals surface area contributed by atoms with Gasteiger partial charge in [0.2, 0.25) is 0 Å². The van der Waals surface area contributed by atoms with Gasteiger partial charge in [0.15, 0.2) is 0 Å². The lowest BCUT2D eigenvalue weighted by molar-refractivity contribution is 0.0342. The van der Waals surface area contributed by atoms with Gasteiger partial charge in [-0.2, -0.15) is 0 Å². The van der Waals surface area contributed by atoms with Crippen molar-refractivity contribution in [2.24, 2.45) is 0 Å². The number of anilines is 2. The van der Waals surface area contributed by atoms with Crippen LogP contribution in [0.25, 0.3) is 0 Å². The Kier molecular flexibility index (Phi) is 5.57. The smallest absolute Gasteiger partial charge is 0.324 e. The normalized spacial score (nSPS) is 20.8. The molecule has 1 aromatic heterocycles. The molecular weight excluding hydrogens is 394 g/mol. The zero-order valence-corrected chi connectivity index (χ0v) is 17.5. The predicted molar refractivity (Wildman–Crippen MR) is 117 cm³/mol. The second kappa shape index (κ2) is 8.64. The molecular formula is C23H27N5O3. The number of nitrogens with one attached hydrogen (secondary N) is 2. The van der Waals surface area contributed by atoms with Crippen LogP contribution in [0.4, 0.5) is 16.3 Å². The van der Waals surface area contributed by atoms with Crippen LogP contribution in [0.5, 0.6) is 0 Å². The lowest BCUT2D eigenvalue weighted by Gasteiger charge is -2.30. The minimum absolute atomic E-state index is 0.0581. The topological polar surface area (TPSA) is 86.8 Å². The van der Waals surface area contributed by atoms with Crippen LogP contribution >= 0.6 is 0 Å². The van der Waals surface area contributed by atoms with E-state index in [-0.39, 0.29) is 18.0 Å². The SMILES string of the molecule is O=C(Nc1cc(CN2CCOCC2)ccn1)Nc1cccc2c1C1CCCCN1C2=O. The summed E-state index contributed by atoms with van der Waals surface area (Å²) in [4.78, 5) is 34.0. The zero-order valence-electron chi connectivity index (χ0n) is 17.5. The van der Waals surface area contributed by atoms with Crippen LogP contribution in [0.1, 0.15) is 46.8 Å². The van der Waals surface area contributed by atoms with Gasteiger partial charge < -0.3 is 15.0 Å². The number of rotatable bonds is 4. The van der Waals surface area contributed by atoms with Crippen LogP contribution in [0, 0.1) is 0 Å². The zero-order chi connectivity index (χ0) is 21.2. The van der Waals surface area contributed by atoms with Gasteiger partial charge in [0.05, 0.1) is 19.3 Å². The fourth-order valence-corrected chi connectivity index (χ4v) is 4.78. The minimum Gasteiger partial charge on any atom is -0.379 e. The Morgan fingerprint density at radius 1 is 1.13 bits per heavy atom. The molecule has 4 heterocycles. The molecule has 3 aliphatic rings. The number of piperidine rings is 1. The van der Waals surface area contributed by atoms with Gasteiger partial charge in [-0.15, -0.1) is 0 Å². The molecule has 0 spiro atoms. The van der Waals surface area contributed by atoms with Crippen molar-refractivity contribution >= 4 is 23.4 Å². The number of fused-ring (bicyclic) bond motifs is 3. The average molecular weight is 422 g/mol. The van der Waals surface area contributed by atoms with E-state index in [4.69, 9.17) is 4.74 Å². The molecule has 8 nitrogen and oxygen atoms in total. The standard InChI is InChI=1S/C23H27N5O3/c29-22-17-4-3-5-18(21(17)19-6-1-2-9-28(19)22)25-23(30)26-20-14-16(7-8-24-20)15-27-10-12-31-13-11-27/h3-5,7-8,14,19H,1-2,6,9-13,15H2,(H2,24,25,26,30). The van der Waals surface area contributed by atoms with Crippen LogP contribution in [-0.2, 0) is 11.3 Å². The van der Waals surface area contributed by atoms with Crippen molar-refractivity contribution in [1.29, 1.82) is 0 Å². The maximum absolute atomic E-state index is 12.7. The maximum atomic E-state index is 12.7. The third-order valence-electron chi connectivity index (χ3n) is 6.26. The summed E-state index contributed by atoms with van der Waals surface area (Å²) in [6.45, 7) is 4.89. The Morgan fingerprint density at radius 2 is 2.00 bits per heavy atom. The van der Waals surface area contributed by atoms with E-state index in [0.29, 0.717) is 17.1 Å². The molecule has 0 saturated carbocycles. The molecule has 2 fully saturated rings. The fourth-order valence-electron chi connectivity index (χ4n) is 4.78. The van der Waals surface area contributed by atoms with Crippen molar-refractivity contribution in [3.8, 4) is 0 Å². The van der Waals surface area contributed by atoms with Crippen molar-refractivity contribution < 1.29 is 14.3 Å². The highest BCUT2D eigenvalue weighted by Crippen LogP contribution is 2.43. The summed E-state index contributed by atoms with van der Waals surface area (Å²) in [5, 5.41) is 5.79. The summed E-state index contributed by atoms with van der Waals surface area (Å²) in [5.41, 5.74) is 3.44. The monoisotopic (exact) mass is 421 g/mol. The molecule has 31 heavy (non-hydrogen) atoms. The second-order valence-corrected chi connectivity index (χ2v) is 8.29. The third kappa shape index (κ3) is 4.13. The van der Waals surface area contributed by atoms with Crippen molar-refractivity contribution in [1.82, 2.24) is 14.8 Å². The van der Waals surface area contributed by atoms with Gasteiger partial charge in [-0.25, -0.2) is 9.78 Å². The maximum Gasteiger partial charge on any atom is 0.324 e. The number of aromatic nitrogens is 1. The van der Waals surface area contributed by atoms with E-state index in [1.165, 1.54) is 0 Å². The number of urea groups is 1. The first-order chi connectivity index (χ1) is 15.2. The van der Waals surface area contributed by atoms with Gasteiger partial charge in [0.1, 0.15) is 5.82 Å². The van der Waals surface area contributed by atoms with Crippen molar-refractivity contribution in [3.05, 3.63) is 53.2 Å². The Bertz CT molecular complexity index is 989. The van der Waals surface area contributed by atoms with Gasteiger partial charge >= 0.3 is 6.03 Å². The van der Waals surface area contributed by atoms with E-state index >= 15 is 0 Å². The highest BCUT2D eigenvalue weighted by atomic mass is 16.5. The lowest BCUT2D eigenvalue weighted by atomic mass is 9.96. The van der Waals surface area contributed by atoms with E-state index in [2.05, 4.69) is 20.5 Å². The molecule has 3 amide bonds. The van der Waals surface area contributed by atoms with Crippen LogP contribution in [0.3, 0.4) is 0 Å². The van der Waals surface area contributed by atoms with Crippen molar-refractivity contribution in [3.63, 3.8) is 0 Å². The molecule has 2 saturated heterocycles. The lowest BCUT2D eigenvalue weighted by Crippen LogP contribution is -2.35. The first-order valence-electron chi connectivity index (χ1n) is 11.0. The van der Waals surface area contributed by atoms with E-state index in [0.717, 1.165) is 69.8 Å². The number of hydrogen-bond acceptors (Lipinski definition) is 5. The second-order valence-electron chi connectivity index (χ2n) is 8.29. The first kappa shape index (κ1) is 20.0. The molecule has 0 aliphatic carbocycles. The molecule has 0 bridgehead atoms. The molecule has 1 unspecified atom stereocenters. The molecule has 3 aliphatic heterocycles. The van der Waals surface area contributed by atoms with Crippen LogP contribution in [-0.4, -0.2) is 59.6 Å². The molecule has 2 N–H and O–H groups in total.